The Hall–Kier alpha value is -2.31. The molecular weight excluding hydrogens is 335 g/mol. The Morgan fingerprint density at radius 2 is 2.04 bits per heavy atom. The molecule has 24 heavy (non-hydrogen) atoms. The Bertz CT molecular complexity index is 712. The van der Waals surface area contributed by atoms with Gasteiger partial charge in [0.1, 0.15) is 11.6 Å². The number of carbonyl (C=O) groups is 1. The lowest BCUT2D eigenvalue weighted by molar-refractivity contribution is 0.104. The van der Waals surface area contributed by atoms with Crippen LogP contribution in [0.2, 0.25) is 5.02 Å². The molecule has 0 saturated heterocycles. The summed E-state index contributed by atoms with van der Waals surface area (Å²) in [5.41, 5.74) is 1.08. The first kappa shape index (κ1) is 18.0. The highest BCUT2D eigenvalue weighted by atomic mass is 35.5. The molecule has 0 radical (unpaired) electrons. The third-order valence-corrected chi connectivity index (χ3v) is 3.60. The minimum atomic E-state index is -0.465. The number of urea groups is 1. The lowest BCUT2D eigenvalue weighted by Gasteiger charge is -2.17. The van der Waals surface area contributed by atoms with E-state index in [1.54, 1.807) is 30.3 Å². The van der Waals surface area contributed by atoms with Gasteiger partial charge in [-0.1, -0.05) is 23.7 Å². The van der Waals surface area contributed by atoms with Gasteiger partial charge in [-0.15, -0.1) is 0 Å². The maximum absolute atomic E-state index is 13.3. The number of carbonyl (C=O) groups excluding carboxylic acids is 1. The summed E-state index contributed by atoms with van der Waals surface area (Å²) in [5.74, 6) is 0.130. The fraction of sp³-hybridized carbons (Fsp3) is 0.235. The van der Waals surface area contributed by atoms with Gasteiger partial charge in [0.25, 0.3) is 0 Å². The van der Waals surface area contributed by atoms with Crippen molar-refractivity contribution in [2.75, 3.05) is 26.1 Å². The van der Waals surface area contributed by atoms with E-state index in [0.29, 0.717) is 22.0 Å². The highest BCUT2D eigenvalue weighted by Gasteiger charge is 2.14. The van der Waals surface area contributed by atoms with Crippen LogP contribution in [-0.4, -0.2) is 26.8 Å². The monoisotopic (exact) mass is 352 g/mol. The van der Waals surface area contributed by atoms with Crippen molar-refractivity contribution in [1.82, 2.24) is 5.32 Å². The van der Waals surface area contributed by atoms with E-state index in [9.17, 15) is 9.18 Å². The average Bonchev–Trinajstić information content (AvgIpc) is 2.56. The topological polar surface area (TPSA) is 59.6 Å². The van der Waals surface area contributed by atoms with Crippen LogP contribution in [0.4, 0.5) is 14.9 Å². The van der Waals surface area contributed by atoms with Crippen molar-refractivity contribution in [3.63, 3.8) is 0 Å². The number of rotatable bonds is 6. The maximum atomic E-state index is 13.3. The number of halogens is 2. The standard InChI is InChI=1S/C17H18ClFN2O3/c1-23-15-7-6-12(18)9-14(15)21-17(22)20-10-16(24-2)11-4-3-5-13(19)8-11/h3-9,16H,10H2,1-2H3,(H2,20,21,22). The first-order valence-corrected chi connectivity index (χ1v) is 7.58. The Labute approximate surface area is 144 Å². The number of anilines is 1. The van der Waals surface area contributed by atoms with E-state index in [0.717, 1.165) is 0 Å². The summed E-state index contributed by atoms with van der Waals surface area (Å²) in [4.78, 5) is 12.1. The third kappa shape index (κ3) is 4.84. The van der Waals surface area contributed by atoms with E-state index in [1.807, 2.05) is 0 Å². The van der Waals surface area contributed by atoms with Crippen LogP contribution in [0.15, 0.2) is 42.5 Å². The van der Waals surface area contributed by atoms with Gasteiger partial charge in [-0.3, -0.25) is 0 Å². The number of amides is 2. The van der Waals surface area contributed by atoms with E-state index < -0.39 is 12.1 Å². The number of benzene rings is 2. The van der Waals surface area contributed by atoms with E-state index in [2.05, 4.69) is 10.6 Å². The zero-order valence-corrected chi connectivity index (χ0v) is 14.1. The van der Waals surface area contributed by atoms with Gasteiger partial charge in [-0.05, 0) is 35.9 Å². The van der Waals surface area contributed by atoms with Crippen LogP contribution < -0.4 is 15.4 Å². The summed E-state index contributed by atoms with van der Waals surface area (Å²) in [6.07, 6.45) is -0.465. The fourth-order valence-electron chi connectivity index (χ4n) is 2.17. The Kier molecular flexibility index (Phi) is 6.40. The van der Waals surface area contributed by atoms with Crippen molar-refractivity contribution in [2.24, 2.45) is 0 Å². The van der Waals surface area contributed by atoms with Gasteiger partial charge < -0.3 is 20.1 Å². The van der Waals surface area contributed by atoms with Crippen molar-refractivity contribution in [3.8, 4) is 5.75 Å². The summed E-state index contributed by atoms with van der Waals surface area (Å²) in [6.45, 7) is 0.175. The molecule has 1 atom stereocenters. The number of hydrogen-bond acceptors (Lipinski definition) is 3. The minimum Gasteiger partial charge on any atom is -0.495 e. The summed E-state index contributed by atoms with van der Waals surface area (Å²) >= 11 is 5.92. The van der Waals surface area contributed by atoms with E-state index >= 15 is 0 Å². The summed E-state index contributed by atoms with van der Waals surface area (Å²) in [5, 5.41) is 5.80. The zero-order valence-electron chi connectivity index (χ0n) is 13.3. The molecule has 0 aliphatic heterocycles. The molecule has 2 aromatic rings. The normalized spacial score (nSPS) is 11.7. The number of hydrogen-bond donors (Lipinski definition) is 2. The Morgan fingerprint density at radius 3 is 2.71 bits per heavy atom. The molecule has 5 nitrogen and oxygen atoms in total. The van der Waals surface area contributed by atoms with Crippen LogP contribution in [-0.2, 0) is 4.74 Å². The molecule has 0 spiro atoms. The molecule has 128 valence electrons. The molecule has 7 heteroatoms. The summed E-state index contributed by atoms with van der Waals surface area (Å²) in [6, 6.07) is 10.5. The van der Waals surface area contributed by atoms with Gasteiger partial charge in [0.15, 0.2) is 0 Å². The molecule has 0 aliphatic rings. The van der Waals surface area contributed by atoms with Crippen molar-refractivity contribution < 1.29 is 18.7 Å². The summed E-state index contributed by atoms with van der Waals surface area (Å²) in [7, 11) is 2.99. The molecule has 0 saturated carbocycles. The largest absolute Gasteiger partial charge is 0.495 e. The molecule has 0 fully saturated rings. The van der Waals surface area contributed by atoms with Crippen LogP contribution >= 0.6 is 11.6 Å². The number of methoxy groups -OCH3 is 2. The zero-order chi connectivity index (χ0) is 17.5. The van der Waals surface area contributed by atoms with Gasteiger partial charge in [-0.25, -0.2) is 9.18 Å². The van der Waals surface area contributed by atoms with Crippen molar-refractivity contribution in [2.45, 2.75) is 6.10 Å². The van der Waals surface area contributed by atoms with Gasteiger partial charge in [0, 0.05) is 18.7 Å². The smallest absolute Gasteiger partial charge is 0.319 e. The van der Waals surface area contributed by atoms with Crippen LogP contribution in [0, 0.1) is 5.82 Å². The van der Waals surface area contributed by atoms with Crippen molar-refractivity contribution in [3.05, 3.63) is 58.9 Å². The second-order valence-electron chi connectivity index (χ2n) is 4.96. The molecule has 2 N–H and O–H groups in total. The highest BCUT2D eigenvalue weighted by molar-refractivity contribution is 6.31. The van der Waals surface area contributed by atoms with Crippen LogP contribution in [0.25, 0.3) is 0 Å². The molecule has 0 aliphatic carbocycles. The molecule has 0 aromatic heterocycles. The summed E-state index contributed by atoms with van der Waals surface area (Å²) < 4.78 is 23.8. The lowest BCUT2D eigenvalue weighted by Crippen LogP contribution is -2.33. The van der Waals surface area contributed by atoms with Crippen LogP contribution in [0.3, 0.4) is 0 Å². The highest BCUT2D eigenvalue weighted by Crippen LogP contribution is 2.27. The van der Waals surface area contributed by atoms with Crippen molar-refractivity contribution >= 4 is 23.3 Å². The second-order valence-corrected chi connectivity index (χ2v) is 5.40. The Morgan fingerprint density at radius 1 is 1.25 bits per heavy atom. The minimum absolute atomic E-state index is 0.175. The van der Waals surface area contributed by atoms with E-state index in [1.165, 1.54) is 26.4 Å². The second kappa shape index (κ2) is 8.52. The lowest BCUT2D eigenvalue weighted by atomic mass is 10.1. The van der Waals surface area contributed by atoms with Gasteiger partial charge >= 0.3 is 6.03 Å². The van der Waals surface area contributed by atoms with Gasteiger partial charge in [0.05, 0.1) is 18.9 Å². The molecular formula is C17H18ClFN2O3. The predicted molar refractivity (Wildman–Crippen MR) is 91.2 cm³/mol. The first-order chi connectivity index (χ1) is 11.5. The van der Waals surface area contributed by atoms with Gasteiger partial charge in [0.2, 0.25) is 0 Å². The molecule has 1 unspecified atom stereocenters. The molecule has 2 aromatic carbocycles. The SMILES string of the molecule is COc1ccc(Cl)cc1NC(=O)NCC(OC)c1cccc(F)c1. The predicted octanol–water partition coefficient (Wildman–Crippen LogP) is 4.00. The van der Waals surface area contributed by atoms with E-state index in [4.69, 9.17) is 21.1 Å². The molecule has 0 bridgehead atoms. The average molecular weight is 353 g/mol. The quantitative estimate of drug-likeness (QED) is 0.826. The molecule has 0 heterocycles. The molecule has 2 amide bonds. The Balaban J connectivity index is 1.98. The number of ether oxygens (including phenoxy) is 2. The van der Waals surface area contributed by atoms with Gasteiger partial charge in [-0.2, -0.15) is 0 Å². The fourth-order valence-corrected chi connectivity index (χ4v) is 2.35. The van der Waals surface area contributed by atoms with E-state index in [-0.39, 0.29) is 12.4 Å². The first-order valence-electron chi connectivity index (χ1n) is 7.20. The molecule has 2 rings (SSSR count). The number of nitrogens with one attached hydrogen (secondary N) is 2. The maximum Gasteiger partial charge on any atom is 0.319 e. The third-order valence-electron chi connectivity index (χ3n) is 3.36. The van der Waals surface area contributed by atoms with Crippen LogP contribution in [0.5, 0.6) is 5.75 Å². The van der Waals surface area contributed by atoms with Crippen molar-refractivity contribution in [1.29, 1.82) is 0 Å². The van der Waals surface area contributed by atoms with Crippen LogP contribution in [0.1, 0.15) is 11.7 Å².